The van der Waals surface area contributed by atoms with Crippen LogP contribution in [0.2, 0.25) is 0 Å². The number of halogens is 1. The summed E-state index contributed by atoms with van der Waals surface area (Å²) in [5.74, 6) is 2.54. The molecule has 150 valence electrons. The first-order chi connectivity index (χ1) is 12.8. The zero-order chi connectivity index (χ0) is 21.0. The first kappa shape index (κ1) is 25.5. The van der Waals surface area contributed by atoms with E-state index in [9.17, 15) is 0 Å². The van der Waals surface area contributed by atoms with Gasteiger partial charge in [-0.1, -0.05) is 72.8 Å². The maximum Gasteiger partial charge on any atom is 0.0465 e. The molecule has 0 aliphatic carbocycles. The first-order valence-electron chi connectivity index (χ1n) is 9.64. The predicted octanol–water partition coefficient (Wildman–Crippen LogP) is 7.92. The Bertz CT molecular complexity index is 648. The SMILES string of the molecule is C=CN(CCC(C)C)c1c(C)cccc1C.CBr.Cc1cccc(C)c1C. The Kier molecular flexibility index (Phi) is 12.8. The topological polar surface area (TPSA) is 3.24 Å². The van der Waals surface area contributed by atoms with E-state index in [0.29, 0.717) is 0 Å². The fourth-order valence-corrected chi connectivity index (χ4v) is 2.85. The third-order valence-electron chi connectivity index (χ3n) is 4.77. The fourth-order valence-electron chi connectivity index (χ4n) is 2.85. The molecule has 0 fully saturated rings. The average Bonchev–Trinajstić information content (AvgIpc) is 2.64. The molecule has 2 aromatic carbocycles. The van der Waals surface area contributed by atoms with Gasteiger partial charge in [0.05, 0.1) is 0 Å². The van der Waals surface area contributed by atoms with E-state index in [1.165, 1.54) is 39.9 Å². The maximum atomic E-state index is 3.92. The molecular formula is C25H38BrN. The van der Waals surface area contributed by atoms with E-state index in [1.54, 1.807) is 0 Å². The van der Waals surface area contributed by atoms with Crippen molar-refractivity contribution in [3.63, 3.8) is 0 Å². The van der Waals surface area contributed by atoms with E-state index in [1.807, 2.05) is 12.0 Å². The average molecular weight is 432 g/mol. The van der Waals surface area contributed by atoms with Gasteiger partial charge in [-0.3, -0.25) is 0 Å². The number of anilines is 1. The Morgan fingerprint density at radius 1 is 0.852 bits per heavy atom. The summed E-state index contributed by atoms with van der Waals surface area (Å²) in [6.07, 6.45) is 3.14. The lowest BCUT2D eigenvalue weighted by Gasteiger charge is -2.25. The molecule has 0 N–H and O–H groups in total. The maximum absolute atomic E-state index is 3.92. The Morgan fingerprint density at radius 3 is 1.59 bits per heavy atom. The summed E-state index contributed by atoms with van der Waals surface area (Å²) in [5, 5.41) is 0. The summed E-state index contributed by atoms with van der Waals surface area (Å²) in [4.78, 5) is 2.27. The van der Waals surface area contributed by atoms with Gasteiger partial charge >= 0.3 is 0 Å². The van der Waals surface area contributed by atoms with Crippen LogP contribution in [-0.4, -0.2) is 12.4 Å². The van der Waals surface area contributed by atoms with Crippen molar-refractivity contribution in [2.75, 3.05) is 17.3 Å². The highest BCUT2D eigenvalue weighted by Gasteiger charge is 2.09. The lowest BCUT2D eigenvalue weighted by Crippen LogP contribution is -2.20. The highest BCUT2D eigenvalue weighted by molar-refractivity contribution is 9.08. The van der Waals surface area contributed by atoms with Crippen molar-refractivity contribution >= 4 is 21.6 Å². The molecule has 2 heteroatoms. The van der Waals surface area contributed by atoms with Crippen molar-refractivity contribution < 1.29 is 0 Å². The van der Waals surface area contributed by atoms with Gasteiger partial charge in [0.25, 0.3) is 0 Å². The summed E-state index contributed by atoms with van der Waals surface area (Å²) in [7, 11) is 0. The molecule has 0 aromatic heterocycles. The first-order valence-corrected chi connectivity index (χ1v) is 11.2. The molecule has 0 bridgehead atoms. The van der Waals surface area contributed by atoms with E-state index >= 15 is 0 Å². The monoisotopic (exact) mass is 431 g/mol. The molecule has 2 aromatic rings. The normalized spacial score (nSPS) is 9.70. The van der Waals surface area contributed by atoms with Gasteiger partial charge in [0.2, 0.25) is 0 Å². The molecule has 27 heavy (non-hydrogen) atoms. The van der Waals surface area contributed by atoms with E-state index in [0.717, 1.165) is 12.5 Å². The number of hydrogen-bond acceptors (Lipinski definition) is 1. The number of nitrogens with zero attached hydrogens (tertiary/aromatic N) is 1. The molecule has 2 rings (SSSR count). The highest BCUT2D eigenvalue weighted by Crippen LogP contribution is 2.25. The largest absolute Gasteiger partial charge is 0.348 e. The van der Waals surface area contributed by atoms with Crippen molar-refractivity contribution in [3.05, 3.63) is 77.0 Å². The summed E-state index contributed by atoms with van der Waals surface area (Å²) in [6, 6.07) is 12.8. The Morgan fingerprint density at radius 2 is 1.26 bits per heavy atom. The molecule has 0 heterocycles. The minimum absolute atomic E-state index is 0.728. The predicted molar refractivity (Wildman–Crippen MR) is 128 cm³/mol. The second-order valence-corrected chi connectivity index (χ2v) is 7.32. The van der Waals surface area contributed by atoms with Crippen LogP contribution in [0.25, 0.3) is 0 Å². The number of hydrogen-bond donors (Lipinski definition) is 0. The van der Waals surface area contributed by atoms with Crippen LogP contribution >= 0.6 is 15.9 Å². The van der Waals surface area contributed by atoms with Gasteiger partial charge < -0.3 is 4.90 Å². The number of para-hydroxylation sites is 1. The highest BCUT2D eigenvalue weighted by atomic mass is 79.9. The molecule has 0 radical (unpaired) electrons. The number of aryl methyl sites for hydroxylation is 4. The lowest BCUT2D eigenvalue weighted by molar-refractivity contribution is 0.589. The second kappa shape index (κ2) is 13.6. The van der Waals surface area contributed by atoms with Gasteiger partial charge in [0.1, 0.15) is 0 Å². The number of alkyl halides is 1. The zero-order valence-electron chi connectivity index (χ0n) is 18.6. The molecule has 0 saturated heterocycles. The number of rotatable bonds is 5. The number of benzene rings is 2. The van der Waals surface area contributed by atoms with E-state index in [2.05, 4.69) is 112 Å². The third-order valence-corrected chi connectivity index (χ3v) is 4.77. The third kappa shape index (κ3) is 8.79. The summed E-state index contributed by atoms with van der Waals surface area (Å²) >= 11 is 2.94. The van der Waals surface area contributed by atoms with Gasteiger partial charge in [-0.05, 0) is 86.8 Å². The van der Waals surface area contributed by atoms with Crippen LogP contribution in [-0.2, 0) is 0 Å². The summed E-state index contributed by atoms with van der Waals surface area (Å²) in [5.41, 5.74) is 8.15. The Labute approximate surface area is 176 Å². The van der Waals surface area contributed by atoms with E-state index < -0.39 is 0 Å². The van der Waals surface area contributed by atoms with Crippen molar-refractivity contribution in [2.24, 2.45) is 5.92 Å². The standard InChI is InChI=1S/C15H23N.C9H12.CH3Br/c1-6-16(11-10-12(2)3)15-13(4)8-7-9-14(15)5;1-7-5-4-6-8(2)9(7)3;1-2/h6-9,12H,1,10-11H2,2-5H3;4-6H,1-3H3;1H3. The molecule has 0 unspecified atom stereocenters. The van der Waals surface area contributed by atoms with Crippen LogP contribution in [0.15, 0.2) is 49.2 Å². The van der Waals surface area contributed by atoms with Crippen molar-refractivity contribution in [1.82, 2.24) is 0 Å². The molecule has 0 amide bonds. The van der Waals surface area contributed by atoms with Crippen LogP contribution in [0.5, 0.6) is 0 Å². The van der Waals surface area contributed by atoms with Gasteiger partial charge in [-0.25, -0.2) is 0 Å². The quantitative estimate of drug-likeness (QED) is 0.434. The fraction of sp³-hybridized carbons (Fsp3) is 0.440. The van der Waals surface area contributed by atoms with Gasteiger partial charge in [-0.15, -0.1) is 0 Å². The minimum Gasteiger partial charge on any atom is -0.348 e. The molecule has 0 atom stereocenters. The zero-order valence-corrected chi connectivity index (χ0v) is 20.2. The van der Waals surface area contributed by atoms with Gasteiger partial charge in [0, 0.05) is 12.2 Å². The van der Waals surface area contributed by atoms with Crippen molar-refractivity contribution in [2.45, 2.75) is 54.9 Å². The molecule has 0 saturated carbocycles. The van der Waals surface area contributed by atoms with Crippen LogP contribution in [0.4, 0.5) is 5.69 Å². The molecule has 1 nitrogen and oxygen atoms in total. The lowest BCUT2D eigenvalue weighted by atomic mass is 10.1. The molecule has 0 spiro atoms. The smallest absolute Gasteiger partial charge is 0.0465 e. The van der Waals surface area contributed by atoms with Crippen molar-refractivity contribution in [1.29, 1.82) is 0 Å². The Hall–Kier alpha value is -1.54. The second-order valence-electron chi connectivity index (χ2n) is 7.32. The minimum atomic E-state index is 0.728. The van der Waals surface area contributed by atoms with Gasteiger partial charge in [0.15, 0.2) is 0 Å². The van der Waals surface area contributed by atoms with E-state index in [-0.39, 0.29) is 0 Å². The molecule has 0 aliphatic heterocycles. The van der Waals surface area contributed by atoms with Crippen LogP contribution < -0.4 is 4.90 Å². The molecule has 0 aliphatic rings. The van der Waals surface area contributed by atoms with E-state index in [4.69, 9.17) is 0 Å². The Balaban J connectivity index is 0.000000519. The summed E-state index contributed by atoms with van der Waals surface area (Å²) < 4.78 is 0. The van der Waals surface area contributed by atoms with Crippen molar-refractivity contribution in [3.8, 4) is 0 Å². The van der Waals surface area contributed by atoms with Crippen LogP contribution in [0, 0.1) is 40.5 Å². The van der Waals surface area contributed by atoms with Gasteiger partial charge in [-0.2, -0.15) is 0 Å². The summed E-state index contributed by atoms with van der Waals surface area (Å²) in [6.45, 7) is 20.2. The van der Waals surface area contributed by atoms with Crippen LogP contribution in [0.3, 0.4) is 0 Å². The molecular weight excluding hydrogens is 394 g/mol. The van der Waals surface area contributed by atoms with Crippen LogP contribution in [0.1, 0.15) is 48.1 Å².